The van der Waals surface area contributed by atoms with Crippen LogP contribution in [0.2, 0.25) is 0 Å². The zero-order valence-corrected chi connectivity index (χ0v) is 10.9. The number of rotatable bonds is 5. The molecule has 2 aromatic rings. The average Bonchev–Trinajstić information content (AvgIpc) is 2.71. The van der Waals surface area contributed by atoms with E-state index in [-0.39, 0.29) is 5.56 Å². The van der Waals surface area contributed by atoms with Gasteiger partial charge < -0.3 is 0 Å². The molecule has 5 nitrogen and oxygen atoms in total. The molecule has 0 aliphatic rings. The van der Waals surface area contributed by atoms with Gasteiger partial charge in [0.2, 0.25) is 5.78 Å². The van der Waals surface area contributed by atoms with E-state index >= 15 is 0 Å². The Kier molecular flexibility index (Phi) is 3.83. The Bertz CT molecular complexity index is 560. The summed E-state index contributed by atoms with van der Waals surface area (Å²) in [7, 11) is 0. The molecule has 0 aliphatic carbocycles. The molecule has 0 fully saturated rings. The molecule has 0 spiro atoms. The van der Waals surface area contributed by atoms with Gasteiger partial charge in [0.05, 0.1) is 0 Å². The number of aryl methyl sites for hydroxylation is 1. The Balaban J connectivity index is 2.40. The summed E-state index contributed by atoms with van der Waals surface area (Å²) < 4.78 is 1.93. The van der Waals surface area contributed by atoms with Crippen molar-refractivity contribution in [1.29, 1.82) is 0 Å². The number of fused-ring (bicyclic) bond motifs is 1. The van der Waals surface area contributed by atoms with Crippen molar-refractivity contribution in [2.24, 2.45) is 0 Å². The molecule has 2 rings (SSSR count). The highest BCUT2D eigenvalue weighted by Crippen LogP contribution is 2.18. The Labute approximate surface area is 104 Å². The van der Waals surface area contributed by atoms with Gasteiger partial charge in [0.1, 0.15) is 0 Å². The number of nitrogens with one attached hydrogen (secondary N) is 1. The highest BCUT2D eigenvalue weighted by atomic mass is 32.2. The van der Waals surface area contributed by atoms with E-state index in [4.69, 9.17) is 0 Å². The fourth-order valence-corrected chi connectivity index (χ4v) is 2.68. The summed E-state index contributed by atoms with van der Waals surface area (Å²) in [6.07, 6.45) is 3.12. The maximum atomic E-state index is 11.4. The summed E-state index contributed by atoms with van der Waals surface area (Å²) in [6.45, 7) is 4.19. The number of H-pyrrole nitrogens is 1. The molecule has 0 radical (unpaired) electrons. The number of hydrogen-bond donors (Lipinski definition) is 1. The van der Waals surface area contributed by atoms with Crippen LogP contribution < -0.4 is 5.56 Å². The second-order valence-electron chi connectivity index (χ2n) is 3.82. The molecule has 17 heavy (non-hydrogen) atoms. The van der Waals surface area contributed by atoms with Crippen molar-refractivity contribution in [3.8, 4) is 0 Å². The van der Waals surface area contributed by atoms with Crippen LogP contribution in [0.25, 0.3) is 5.78 Å². The maximum absolute atomic E-state index is 11.4. The van der Waals surface area contributed by atoms with Gasteiger partial charge in [0.15, 0.2) is 5.16 Å². The first kappa shape index (κ1) is 12.2. The van der Waals surface area contributed by atoms with Crippen LogP contribution in [0.5, 0.6) is 0 Å². The molecule has 6 heteroatoms. The van der Waals surface area contributed by atoms with Crippen LogP contribution in [0.15, 0.2) is 16.0 Å². The minimum Gasteiger partial charge on any atom is -0.291 e. The molecule has 0 aliphatic heterocycles. The minimum absolute atomic E-state index is 0.119. The maximum Gasteiger partial charge on any atom is 0.252 e. The molecular formula is C11H16N4OS. The van der Waals surface area contributed by atoms with Crippen LogP contribution in [-0.2, 0) is 6.42 Å². The molecule has 0 saturated heterocycles. The molecule has 1 N–H and O–H groups in total. The molecule has 92 valence electrons. The minimum atomic E-state index is -0.119. The summed E-state index contributed by atoms with van der Waals surface area (Å²) in [4.78, 5) is 14.1. The van der Waals surface area contributed by atoms with Gasteiger partial charge in [-0.1, -0.05) is 32.0 Å². The lowest BCUT2D eigenvalue weighted by molar-refractivity contribution is 0.842. The van der Waals surface area contributed by atoms with Crippen molar-refractivity contribution in [3.05, 3.63) is 22.1 Å². The van der Waals surface area contributed by atoms with Gasteiger partial charge in [-0.3, -0.25) is 14.2 Å². The van der Waals surface area contributed by atoms with E-state index in [0.29, 0.717) is 5.78 Å². The number of nitrogens with zero attached hydrogens (tertiary/aromatic N) is 3. The van der Waals surface area contributed by atoms with Crippen molar-refractivity contribution >= 4 is 17.5 Å². The number of thioether (sulfide) groups is 1. The Morgan fingerprint density at radius 1 is 1.41 bits per heavy atom. The molecular weight excluding hydrogens is 236 g/mol. The van der Waals surface area contributed by atoms with E-state index in [2.05, 4.69) is 22.1 Å². The van der Waals surface area contributed by atoms with E-state index in [0.717, 1.165) is 29.4 Å². The van der Waals surface area contributed by atoms with Crippen molar-refractivity contribution in [2.45, 2.75) is 38.3 Å². The van der Waals surface area contributed by atoms with E-state index in [9.17, 15) is 4.79 Å². The van der Waals surface area contributed by atoms with Gasteiger partial charge >= 0.3 is 0 Å². The highest BCUT2D eigenvalue weighted by molar-refractivity contribution is 7.99. The van der Waals surface area contributed by atoms with Crippen molar-refractivity contribution in [3.63, 3.8) is 0 Å². The first-order chi connectivity index (χ1) is 8.26. The van der Waals surface area contributed by atoms with Gasteiger partial charge in [0, 0.05) is 17.5 Å². The van der Waals surface area contributed by atoms with Gasteiger partial charge in [-0.25, -0.2) is 0 Å². The largest absolute Gasteiger partial charge is 0.291 e. The standard InChI is InChI=1S/C11H16N4OS/c1-3-5-6-17-11-14-13-10-12-9(16)7-8(4-2)15(10)11/h7H,3-6H2,1-2H3,(H,12,13,16). The van der Waals surface area contributed by atoms with Crippen LogP contribution in [-0.4, -0.2) is 25.3 Å². The van der Waals surface area contributed by atoms with Crippen molar-refractivity contribution in [2.75, 3.05) is 5.75 Å². The quantitative estimate of drug-likeness (QED) is 0.652. The smallest absolute Gasteiger partial charge is 0.252 e. The van der Waals surface area contributed by atoms with E-state index in [1.165, 1.54) is 6.42 Å². The lowest BCUT2D eigenvalue weighted by atomic mass is 10.3. The molecule has 0 atom stereocenters. The monoisotopic (exact) mass is 252 g/mol. The van der Waals surface area contributed by atoms with Crippen molar-refractivity contribution in [1.82, 2.24) is 19.6 Å². The zero-order chi connectivity index (χ0) is 12.3. The molecule has 0 bridgehead atoms. The lowest BCUT2D eigenvalue weighted by Crippen LogP contribution is -2.11. The predicted octanol–water partition coefficient (Wildman–Crippen LogP) is 1.87. The van der Waals surface area contributed by atoms with Gasteiger partial charge in [0.25, 0.3) is 5.56 Å². The van der Waals surface area contributed by atoms with Crippen LogP contribution in [0.1, 0.15) is 32.4 Å². The fraction of sp³-hybridized carbons (Fsp3) is 0.545. The SMILES string of the molecule is CCCCSc1nnc2[nH]c(=O)cc(CC)n12. The highest BCUT2D eigenvalue weighted by Gasteiger charge is 2.10. The topological polar surface area (TPSA) is 63.0 Å². The number of aromatic amines is 1. The average molecular weight is 252 g/mol. The van der Waals surface area contributed by atoms with Crippen LogP contribution >= 0.6 is 11.8 Å². The van der Waals surface area contributed by atoms with Gasteiger partial charge in [-0.15, -0.1) is 10.2 Å². The summed E-state index contributed by atoms with van der Waals surface area (Å²) in [5.41, 5.74) is 0.833. The summed E-state index contributed by atoms with van der Waals surface area (Å²) >= 11 is 1.68. The summed E-state index contributed by atoms with van der Waals surface area (Å²) in [5.74, 6) is 1.56. The Morgan fingerprint density at radius 3 is 2.94 bits per heavy atom. The van der Waals surface area contributed by atoms with E-state index in [1.807, 2.05) is 11.3 Å². The first-order valence-electron chi connectivity index (χ1n) is 5.86. The molecule has 0 aromatic carbocycles. The van der Waals surface area contributed by atoms with Crippen molar-refractivity contribution < 1.29 is 0 Å². The zero-order valence-electron chi connectivity index (χ0n) is 10.1. The Morgan fingerprint density at radius 2 is 2.24 bits per heavy atom. The third-order valence-corrected chi connectivity index (χ3v) is 3.56. The summed E-state index contributed by atoms with van der Waals surface area (Å²) in [5, 5.41) is 8.99. The van der Waals surface area contributed by atoms with Crippen LogP contribution in [0.4, 0.5) is 0 Å². The molecule has 0 amide bonds. The molecule has 0 saturated carbocycles. The van der Waals surface area contributed by atoms with Crippen LogP contribution in [0.3, 0.4) is 0 Å². The van der Waals surface area contributed by atoms with E-state index < -0.39 is 0 Å². The lowest BCUT2D eigenvalue weighted by Gasteiger charge is -2.04. The van der Waals surface area contributed by atoms with Gasteiger partial charge in [-0.2, -0.15) is 0 Å². The van der Waals surface area contributed by atoms with Gasteiger partial charge in [-0.05, 0) is 12.8 Å². The number of aromatic nitrogens is 4. The molecule has 2 heterocycles. The number of unbranched alkanes of at least 4 members (excludes halogenated alkanes) is 1. The van der Waals surface area contributed by atoms with E-state index in [1.54, 1.807) is 17.8 Å². The molecule has 2 aromatic heterocycles. The van der Waals surface area contributed by atoms with Crippen LogP contribution in [0, 0.1) is 0 Å². The number of hydrogen-bond acceptors (Lipinski definition) is 4. The Hall–Kier alpha value is -1.30. The first-order valence-corrected chi connectivity index (χ1v) is 6.85. The summed E-state index contributed by atoms with van der Waals surface area (Å²) in [6, 6.07) is 1.61. The predicted molar refractivity (Wildman–Crippen MR) is 68.6 cm³/mol. The second kappa shape index (κ2) is 5.35. The fourth-order valence-electron chi connectivity index (χ4n) is 1.63. The normalized spacial score (nSPS) is 11.2. The third kappa shape index (κ3) is 2.52. The third-order valence-electron chi connectivity index (χ3n) is 2.54. The second-order valence-corrected chi connectivity index (χ2v) is 4.88. The molecule has 0 unspecified atom stereocenters.